The molecule has 0 spiro atoms. The largest absolute Gasteiger partial charge is 0.384 e. The van der Waals surface area contributed by atoms with E-state index >= 15 is 0 Å². The number of rotatable bonds is 6. The third kappa shape index (κ3) is 4.25. The van der Waals surface area contributed by atoms with Crippen LogP contribution in [-0.2, 0) is 11.2 Å². The molecule has 0 saturated carbocycles. The molecule has 0 aliphatic heterocycles. The lowest BCUT2D eigenvalue weighted by atomic mass is 10.3. The van der Waals surface area contributed by atoms with E-state index in [0.717, 1.165) is 36.7 Å². The zero-order chi connectivity index (χ0) is 11.1. The van der Waals surface area contributed by atoms with Gasteiger partial charge >= 0.3 is 0 Å². The van der Waals surface area contributed by atoms with E-state index in [4.69, 9.17) is 4.74 Å². The Morgan fingerprint density at radius 1 is 1.40 bits per heavy atom. The summed E-state index contributed by atoms with van der Waals surface area (Å²) in [5.41, 5.74) is 0.995. The summed E-state index contributed by atoms with van der Waals surface area (Å²) in [5.74, 6) is 1.76. The lowest BCUT2D eigenvalue weighted by Gasteiger charge is -2.07. The molecule has 0 bridgehead atoms. The summed E-state index contributed by atoms with van der Waals surface area (Å²) in [4.78, 5) is 8.75. The molecule has 1 heterocycles. The highest BCUT2D eigenvalue weighted by Gasteiger charge is 2.01. The number of hydrogen-bond acceptors (Lipinski definition) is 4. The molecule has 0 aliphatic rings. The quantitative estimate of drug-likeness (QED) is 0.776. The first-order chi connectivity index (χ1) is 7.26. The van der Waals surface area contributed by atoms with Crippen LogP contribution in [0.25, 0.3) is 0 Å². The summed E-state index contributed by atoms with van der Waals surface area (Å²) < 4.78 is 5.01. The predicted molar refractivity (Wildman–Crippen MR) is 61.1 cm³/mol. The fourth-order valence-corrected chi connectivity index (χ4v) is 1.28. The zero-order valence-electron chi connectivity index (χ0n) is 9.71. The molecule has 84 valence electrons. The number of anilines is 1. The molecular formula is C11H19N3O. The summed E-state index contributed by atoms with van der Waals surface area (Å²) in [7, 11) is 1.69. The van der Waals surface area contributed by atoms with Crippen LogP contribution >= 0.6 is 0 Å². The van der Waals surface area contributed by atoms with Crippen molar-refractivity contribution in [3.8, 4) is 0 Å². The Labute approximate surface area is 91.1 Å². The first-order valence-corrected chi connectivity index (χ1v) is 5.33. The van der Waals surface area contributed by atoms with Gasteiger partial charge in [-0.3, -0.25) is 0 Å². The maximum absolute atomic E-state index is 5.01. The van der Waals surface area contributed by atoms with Crippen molar-refractivity contribution in [2.24, 2.45) is 0 Å². The van der Waals surface area contributed by atoms with Crippen LogP contribution in [0.3, 0.4) is 0 Å². The fourth-order valence-electron chi connectivity index (χ4n) is 1.28. The fraction of sp³-hybridized carbons (Fsp3) is 0.636. The molecule has 1 aromatic heterocycles. The van der Waals surface area contributed by atoms with Gasteiger partial charge in [-0.25, -0.2) is 9.97 Å². The molecule has 0 amide bonds. The number of nitrogens with zero attached hydrogens (tertiary/aromatic N) is 2. The summed E-state index contributed by atoms with van der Waals surface area (Å²) in [5, 5.41) is 3.26. The molecule has 0 saturated heterocycles. The predicted octanol–water partition coefficient (Wildman–Crippen LogP) is 1.80. The molecule has 0 fully saturated rings. The van der Waals surface area contributed by atoms with Crippen molar-refractivity contribution >= 4 is 5.82 Å². The first-order valence-electron chi connectivity index (χ1n) is 5.33. The topological polar surface area (TPSA) is 47.0 Å². The summed E-state index contributed by atoms with van der Waals surface area (Å²) in [6, 6.07) is 1.96. The highest BCUT2D eigenvalue weighted by Crippen LogP contribution is 2.06. The molecule has 0 aromatic carbocycles. The molecule has 0 unspecified atom stereocenters. The second kappa shape index (κ2) is 6.35. The van der Waals surface area contributed by atoms with Crippen LogP contribution in [0.2, 0.25) is 0 Å². The van der Waals surface area contributed by atoms with Crippen molar-refractivity contribution in [3.63, 3.8) is 0 Å². The van der Waals surface area contributed by atoms with Crippen LogP contribution in [0.4, 0.5) is 5.82 Å². The van der Waals surface area contributed by atoms with Crippen LogP contribution < -0.4 is 5.32 Å². The van der Waals surface area contributed by atoms with Crippen LogP contribution in [0, 0.1) is 6.92 Å². The van der Waals surface area contributed by atoms with Crippen molar-refractivity contribution in [1.29, 1.82) is 0 Å². The van der Waals surface area contributed by atoms with Crippen LogP contribution in [0.5, 0.6) is 0 Å². The summed E-state index contributed by atoms with van der Waals surface area (Å²) in [6.07, 6.45) is 1.86. The zero-order valence-corrected chi connectivity index (χ0v) is 9.71. The van der Waals surface area contributed by atoms with Crippen molar-refractivity contribution in [2.45, 2.75) is 26.7 Å². The van der Waals surface area contributed by atoms with Crippen LogP contribution in [-0.4, -0.2) is 30.2 Å². The number of ether oxygens (including phenoxy) is 1. The van der Waals surface area contributed by atoms with Gasteiger partial charge in [0.2, 0.25) is 0 Å². The Kier molecular flexibility index (Phi) is 5.04. The van der Waals surface area contributed by atoms with Crippen molar-refractivity contribution in [1.82, 2.24) is 9.97 Å². The molecule has 4 heteroatoms. The van der Waals surface area contributed by atoms with Crippen molar-refractivity contribution in [2.75, 3.05) is 25.6 Å². The van der Waals surface area contributed by atoms with Gasteiger partial charge in [0.05, 0.1) is 6.61 Å². The van der Waals surface area contributed by atoms with Crippen molar-refractivity contribution in [3.05, 3.63) is 17.6 Å². The van der Waals surface area contributed by atoms with Crippen molar-refractivity contribution < 1.29 is 4.74 Å². The van der Waals surface area contributed by atoms with E-state index < -0.39 is 0 Å². The van der Waals surface area contributed by atoms with Gasteiger partial charge in [0.1, 0.15) is 11.6 Å². The maximum atomic E-state index is 5.01. The second-order valence-electron chi connectivity index (χ2n) is 3.48. The van der Waals surface area contributed by atoms with E-state index in [1.807, 2.05) is 13.0 Å². The average Bonchev–Trinajstić information content (AvgIpc) is 2.23. The molecular weight excluding hydrogens is 190 g/mol. The van der Waals surface area contributed by atoms with Gasteiger partial charge in [-0.2, -0.15) is 0 Å². The van der Waals surface area contributed by atoms with Gasteiger partial charge in [-0.05, 0) is 13.3 Å². The Morgan fingerprint density at radius 3 is 2.87 bits per heavy atom. The van der Waals surface area contributed by atoms with E-state index in [-0.39, 0.29) is 0 Å². The molecule has 4 nitrogen and oxygen atoms in total. The molecule has 15 heavy (non-hydrogen) atoms. The number of nitrogens with one attached hydrogen (secondary N) is 1. The maximum Gasteiger partial charge on any atom is 0.133 e. The van der Waals surface area contributed by atoms with E-state index in [2.05, 4.69) is 22.2 Å². The molecule has 1 N–H and O–H groups in total. The van der Waals surface area contributed by atoms with Crippen LogP contribution in [0.15, 0.2) is 6.07 Å². The highest BCUT2D eigenvalue weighted by molar-refractivity contribution is 5.35. The monoisotopic (exact) mass is 209 g/mol. The minimum absolute atomic E-state index is 0.663. The minimum Gasteiger partial charge on any atom is -0.384 e. The SMILES string of the molecule is CCCNc1cc(C)nc(CCOC)n1. The molecule has 0 aliphatic carbocycles. The van der Waals surface area contributed by atoms with Gasteiger partial charge in [0.25, 0.3) is 0 Å². The van der Waals surface area contributed by atoms with E-state index in [1.165, 1.54) is 0 Å². The Hall–Kier alpha value is -1.16. The second-order valence-corrected chi connectivity index (χ2v) is 3.48. The smallest absolute Gasteiger partial charge is 0.133 e. The van der Waals surface area contributed by atoms with Gasteiger partial charge in [0.15, 0.2) is 0 Å². The third-order valence-corrected chi connectivity index (χ3v) is 1.99. The lowest BCUT2D eigenvalue weighted by molar-refractivity contribution is 0.200. The van der Waals surface area contributed by atoms with Gasteiger partial charge in [-0.1, -0.05) is 6.92 Å². The van der Waals surface area contributed by atoms with Gasteiger partial charge in [0, 0.05) is 31.8 Å². The molecule has 0 atom stereocenters. The number of methoxy groups -OCH3 is 1. The van der Waals surface area contributed by atoms with E-state index in [0.29, 0.717) is 6.61 Å². The molecule has 1 rings (SSSR count). The summed E-state index contributed by atoms with van der Waals surface area (Å²) >= 11 is 0. The molecule has 1 aromatic rings. The van der Waals surface area contributed by atoms with E-state index in [1.54, 1.807) is 7.11 Å². The van der Waals surface area contributed by atoms with Gasteiger partial charge < -0.3 is 10.1 Å². The van der Waals surface area contributed by atoms with Gasteiger partial charge in [-0.15, -0.1) is 0 Å². The van der Waals surface area contributed by atoms with Crippen LogP contribution in [0.1, 0.15) is 24.9 Å². The summed E-state index contributed by atoms with van der Waals surface area (Å²) in [6.45, 7) is 5.72. The third-order valence-electron chi connectivity index (χ3n) is 1.99. The normalized spacial score (nSPS) is 10.3. The first kappa shape index (κ1) is 11.9. The number of aryl methyl sites for hydroxylation is 1. The Morgan fingerprint density at radius 2 is 2.20 bits per heavy atom. The highest BCUT2D eigenvalue weighted by atomic mass is 16.5. The Bertz CT molecular complexity index is 276. The lowest BCUT2D eigenvalue weighted by Crippen LogP contribution is -2.07. The standard InChI is InChI=1S/C11H19N3O/c1-4-6-12-11-8-9(2)13-10(14-11)5-7-15-3/h8H,4-7H2,1-3H3,(H,12,13,14). The molecule has 0 radical (unpaired) electrons. The van der Waals surface area contributed by atoms with E-state index in [9.17, 15) is 0 Å². The Balaban J connectivity index is 2.66. The number of aromatic nitrogens is 2. The minimum atomic E-state index is 0.663. The number of hydrogen-bond donors (Lipinski definition) is 1. The average molecular weight is 209 g/mol.